The summed E-state index contributed by atoms with van der Waals surface area (Å²) in [5.41, 5.74) is 1.09. The van der Waals surface area contributed by atoms with Crippen LogP contribution in [-0.2, 0) is 0 Å². The van der Waals surface area contributed by atoms with Crippen LogP contribution in [0.3, 0.4) is 0 Å². The van der Waals surface area contributed by atoms with Crippen molar-refractivity contribution in [2.75, 3.05) is 19.0 Å². The van der Waals surface area contributed by atoms with Crippen LogP contribution >= 0.6 is 11.6 Å². The average molecular weight is 293 g/mol. The van der Waals surface area contributed by atoms with E-state index in [9.17, 15) is 0 Å². The van der Waals surface area contributed by atoms with Crippen LogP contribution in [0.4, 0.5) is 5.95 Å². The molecule has 20 heavy (non-hydrogen) atoms. The molecule has 2 rings (SSSR count). The molecule has 0 saturated carbocycles. The van der Waals surface area contributed by atoms with Gasteiger partial charge >= 0.3 is 6.01 Å². The van der Waals surface area contributed by atoms with Crippen molar-refractivity contribution < 1.29 is 4.74 Å². The van der Waals surface area contributed by atoms with Gasteiger partial charge in [0.05, 0.1) is 0 Å². The highest BCUT2D eigenvalue weighted by molar-refractivity contribution is 6.28. The number of hydrogen-bond donors (Lipinski definition) is 0. The third kappa shape index (κ3) is 3.36. The zero-order chi connectivity index (χ0) is 14.7. The highest BCUT2D eigenvalue weighted by Crippen LogP contribution is 2.29. The number of ether oxygens (including phenoxy) is 1. The first kappa shape index (κ1) is 14.5. The number of halogens is 1. The first-order valence-corrected chi connectivity index (χ1v) is 6.71. The van der Waals surface area contributed by atoms with E-state index in [-0.39, 0.29) is 11.3 Å². The molecule has 0 bridgehead atoms. The van der Waals surface area contributed by atoms with Gasteiger partial charge in [0, 0.05) is 14.1 Å². The zero-order valence-corrected chi connectivity index (χ0v) is 12.7. The molecule has 0 radical (unpaired) electrons. The number of anilines is 1. The number of rotatable bonds is 4. The molecule has 0 aliphatic heterocycles. The van der Waals surface area contributed by atoms with Gasteiger partial charge in [0.1, 0.15) is 5.75 Å². The average Bonchev–Trinajstić information content (AvgIpc) is 2.38. The van der Waals surface area contributed by atoms with Crippen molar-refractivity contribution in [3.63, 3.8) is 0 Å². The normalized spacial score (nSPS) is 10.7. The van der Waals surface area contributed by atoms with Crippen molar-refractivity contribution in [2.24, 2.45) is 0 Å². The molecule has 0 aliphatic rings. The fourth-order valence-electron chi connectivity index (χ4n) is 1.72. The molecule has 0 aliphatic carbocycles. The molecule has 5 nitrogen and oxygen atoms in total. The van der Waals surface area contributed by atoms with Crippen molar-refractivity contribution in [1.29, 1.82) is 0 Å². The molecule has 0 saturated heterocycles. The van der Waals surface area contributed by atoms with E-state index in [2.05, 4.69) is 28.8 Å². The minimum absolute atomic E-state index is 0.112. The number of benzene rings is 1. The minimum atomic E-state index is 0.112. The second-order valence-corrected chi connectivity index (χ2v) is 5.21. The Balaban J connectivity index is 2.35. The molecule has 0 amide bonds. The highest BCUT2D eigenvalue weighted by Gasteiger charge is 2.12. The summed E-state index contributed by atoms with van der Waals surface area (Å²) in [6, 6.07) is 8.00. The van der Waals surface area contributed by atoms with E-state index in [1.807, 2.05) is 38.4 Å². The SMILES string of the molecule is CC(C)c1ccccc1Oc1nc(Cl)nc(N(C)C)n1. The molecule has 1 aromatic heterocycles. The maximum Gasteiger partial charge on any atom is 0.328 e. The van der Waals surface area contributed by atoms with Gasteiger partial charge in [0.15, 0.2) is 0 Å². The minimum Gasteiger partial charge on any atom is -0.424 e. The lowest BCUT2D eigenvalue weighted by atomic mass is 10.0. The standard InChI is InChI=1S/C14H17ClN4O/c1-9(2)10-7-5-6-8-11(10)20-14-17-12(15)16-13(18-14)19(3)4/h5-9H,1-4H3. The van der Waals surface area contributed by atoms with Crippen LogP contribution in [0.15, 0.2) is 24.3 Å². The summed E-state index contributed by atoms with van der Waals surface area (Å²) in [4.78, 5) is 14.0. The predicted molar refractivity (Wildman–Crippen MR) is 79.8 cm³/mol. The monoisotopic (exact) mass is 292 g/mol. The Bertz CT molecular complexity index is 601. The van der Waals surface area contributed by atoms with Crippen molar-refractivity contribution in [1.82, 2.24) is 15.0 Å². The molecule has 0 N–H and O–H groups in total. The Morgan fingerprint density at radius 1 is 1.10 bits per heavy atom. The van der Waals surface area contributed by atoms with E-state index < -0.39 is 0 Å². The second-order valence-electron chi connectivity index (χ2n) is 4.88. The van der Waals surface area contributed by atoms with Crippen LogP contribution in [-0.4, -0.2) is 29.0 Å². The van der Waals surface area contributed by atoms with Gasteiger partial charge < -0.3 is 9.64 Å². The van der Waals surface area contributed by atoms with Gasteiger partial charge in [-0.2, -0.15) is 15.0 Å². The van der Waals surface area contributed by atoms with E-state index in [4.69, 9.17) is 16.3 Å². The summed E-state index contributed by atoms with van der Waals surface area (Å²) < 4.78 is 5.77. The fourth-order valence-corrected chi connectivity index (χ4v) is 1.86. The third-order valence-corrected chi connectivity index (χ3v) is 2.89. The lowest BCUT2D eigenvalue weighted by Gasteiger charge is -2.14. The topological polar surface area (TPSA) is 51.1 Å². The molecular weight excluding hydrogens is 276 g/mol. The van der Waals surface area contributed by atoms with E-state index in [0.717, 1.165) is 11.3 Å². The van der Waals surface area contributed by atoms with Crippen molar-refractivity contribution in [3.05, 3.63) is 35.1 Å². The lowest BCUT2D eigenvalue weighted by Crippen LogP contribution is -2.13. The van der Waals surface area contributed by atoms with E-state index in [1.165, 1.54) is 0 Å². The van der Waals surface area contributed by atoms with Crippen LogP contribution in [0.25, 0.3) is 0 Å². The van der Waals surface area contributed by atoms with Gasteiger partial charge in [-0.05, 0) is 29.1 Å². The van der Waals surface area contributed by atoms with E-state index in [0.29, 0.717) is 11.9 Å². The van der Waals surface area contributed by atoms with E-state index >= 15 is 0 Å². The zero-order valence-electron chi connectivity index (χ0n) is 12.0. The summed E-state index contributed by atoms with van der Waals surface area (Å²) in [6.07, 6.45) is 0. The molecule has 0 spiro atoms. The van der Waals surface area contributed by atoms with Crippen molar-refractivity contribution >= 4 is 17.5 Å². The first-order chi connectivity index (χ1) is 9.47. The summed E-state index contributed by atoms with van der Waals surface area (Å²) in [5.74, 6) is 1.54. The van der Waals surface area contributed by atoms with Gasteiger partial charge in [-0.25, -0.2) is 0 Å². The Morgan fingerprint density at radius 3 is 2.45 bits per heavy atom. The lowest BCUT2D eigenvalue weighted by molar-refractivity contribution is 0.432. The number of para-hydroxylation sites is 1. The molecule has 6 heteroatoms. The number of nitrogens with zero attached hydrogens (tertiary/aromatic N) is 4. The fraction of sp³-hybridized carbons (Fsp3) is 0.357. The maximum absolute atomic E-state index is 5.89. The summed E-state index contributed by atoms with van der Waals surface area (Å²) >= 11 is 5.89. The van der Waals surface area contributed by atoms with Crippen LogP contribution in [0, 0.1) is 0 Å². The van der Waals surface area contributed by atoms with Crippen LogP contribution in [0.1, 0.15) is 25.3 Å². The quantitative estimate of drug-likeness (QED) is 0.863. The first-order valence-electron chi connectivity index (χ1n) is 6.33. The largest absolute Gasteiger partial charge is 0.424 e. The van der Waals surface area contributed by atoms with Gasteiger partial charge in [-0.3, -0.25) is 0 Å². The summed E-state index contributed by atoms with van der Waals surface area (Å²) in [5, 5.41) is 0.112. The summed E-state index contributed by atoms with van der Waals surface area (Å²) in [7, 11) is 3.66. The van der Waals surface area contributed by atoms with Crippen molar-refractivity contribution in [3.8, 4) is 11.8 Å². The van der Waals surface area contributed by atoms with Gasteiger partial charge in [-0.15, -0.1) is 0 Å². The van der Waals surface area contributed by atoms with Gasteiger partial charge in [-0.1, -0.05) is 32.0 Å². The maximum atomic E-state index is 5.89. The van der Waals surface area contributed by atoms with Crippen LogP contribution in [0.2, 0.25) is 5.28 Å². The molecule has 1 aromatic carbocycles. The molecule has 0 fully saturated rings. The number of aromatic nitrogens is 3. The molecule has 106 valence electrons. The van der Waals surface area contributed by atoms with Crippen LogP contribution < -0.4 is 9.64 Å². The van der Waals surface area contributed by atoms with Crippen LogP contribution in [0.5, 0.6) is 11.8 Å². The predicted octanol–water partition coefficient (Wildman–Crippen LogP) is 3.51. The van der Waals surface area contributed by atoms with Crippen molar-refractivity contribution in [2.45, 2.75) is 19.8 Å². The van der Waals surface area contributed by atoms with E-state index in [1.54, 1.807) is 4.90 Å². The molecular formula is C14H17ClN4O. The van der Waals surface area contributed by atoms with Gasteiger partial charge in [0.2, 0.25) is 11.2 Å². The molecule has 0 unspecified atom stereocenters. The third-order valence-electron chi connectivity index (χ3n) is 2.72. The highest BCUT2D eigenvalue weighted by atomic mass is 35.5. The molecule has 0 atom stereocenters. The Morgan fingerprint density at radius 2 is 1.80 bits per heavy atom. The Hall–Kier alpha value is -1.88. The smallest absolute Gasteiger partial charge is 0.328 e. The number of hydrogen-bond acceptors (Lipinski definition) is 5. The Labute approximate surface area is 123 Å². The second kappa shape index (κ2) is 6.05. The van der Waals surface area contributed by atoms with Gasteiger partial charge in [0.25, 0.3) is 0 Å². The summed E-state index contributed by atoms with van der Waals surface area (Å²) in [6.45, 7) is 4.21. The molecule has 2 aromatic rings. The Kier molecular flexibility index (Phi) is 4.39. The molecule has 1 heterocycles.